The molecule has 1 amide bonds. The Morgan fingerprint density at radius 1 is 1.12 bits per heavy atom. The second kappa shape index (κ2) is 9.33. The van der Waals surface area contributed by atoms with E-state index in [4.69, 9.17) is 4.74 Å². The van der Waals surface area contributed by atoms with Gasteiger partial charge in [0.05, 0.1) is 18.2 Å². The van der Waals surface area contributed by atoms with Crippen LogP contribution in [0.1, 0.15) is 27.1 Å². The Bertz CT molecular complexity index is 719. The highest BCUT2D eigenvalue weighted by Gasteiger charge is 2.08. The average Bonchev–Trinajstić information content (AvgIpc) is 2.65. The van der Waals surface area contributed by atoms with E-state index < -0.39 is 5.97 Å². The number of hydrogen-bond acceptors (Lipinski definition) is 7. The Hall–Kier alpha value is -3.00. The standard InChI is InChI=1S/C17H20N4O4/c1-24-8-4-7-18-15(22)13-10-19-17(20-11-13)21-14-6-3-5-12(9-14)16(23)25-2/h3,5-6,9-11H,4,7-8H2,1-2H3,(H,18,22)(H,19,20,21). The van der Waals surface area contributed by atoms with Crippen molar-refractivity contribution in [3.05, 3.63) is 47.8 Å². The van der Waals surface area contributed by atoms with Crippen LogP contribution < -0.4 is 10.6 Å². The molecule has 1 aromatic heterocycles. The molecule has 8 nitrogen and oxygen atoms in total. The molecular formula is C17H20N4O4. The lowest BCUT2D eigenvalue weighted by Gasteiger charge is -2.07. The number of carbonyl (C=O) groups is 2. The fourth-order valence-corrected chi connectivity index (χ4v) is 2.00. The number of aromatic nitrogens is 2. The third-order valence-electron chi connectivity index (χ3n) is 3.26. The smallest absolute Gasteiger partial charge is 0.337 e. The van der Waals surface area contributed by atoms with Crippen molar-refractivity contribution < 1.29 is 19.1 Å². The summed E-state index contributed by atoms with van der Waals surface area (Å²) in [4.78, 5) is 31.7. The summed E-state index contributed by atoms with van der Waals surface area (Å²) in [5.41, 5.74) is 1.42. The molecule has 0 atom stereocenters. The van der Waals surface area contributed by atoms with Crippen LogP contribution in [0.2, 0.25) is 0 Å². The van der Waals surface area contributed by atoms with Gasteiger partial charge in [-0.25, -0.2) is 14.8 Å². The lowest BCUT2D eigenvalue weighted by molar-refractivity contribution is 0.0600. The summed E-state index contributed by atoms with van der Waals surface area (Å²) in [6, 6.07) is 6.77. The van der Waals surface area contributed by atoms with Crippen LogP contribution in [0.4, 0.5) is 11.6 Å². The van der Waals surface area contributed by atoms with E-state index in [1.807, 2.05) is 0 Å². The number of benzene rings is 1. The summed E-state index contributed by atoms with van der Waals surface area (Å²) in [6.07, 6.45) is 3.61. The van der Waals surface area contributed by atoms with Crippen molar-refractivity contribution in [2.24, 2.45) is 0 Å². The molecule has 25 heavy (non-hydrogen) atoms. The fourth-order valence-electron chi connectivity index (χ4n) is 2.00. The number of methoxy groups -OCH3 is 2. The van der Waals surface area contributed by atoms with Crippen LogP contribution in [0.15, 0.2) is 36.7 Å². The fraction of sp³-hybridized carbons (Fsp3) is 0.294. The van der Waals surface area contributed by atoms with Gasteiger partial charge < -0.3 is 20.1 Å². The van der Waals surface area contributed by atoms with Crippen LogP contribution >= 0.6 is 0 Å². The van der Waals surface area contributed by atoms with Crippen molar-refractivity contribution in [2.75, 3.05) is 32.7 Å². The van der Waals surface area contributed by atoms with Gasteiger partial charge in [0.2, 0.25) is 5.95 Å². The summed E-state index contributed by atoms with van der Waals surface area (Å²) < 4.78 is 9.60. The van der Waals surface area contributed by atoms with Crippen molar-refractivity contribution >= 4 is 23.5 Å². The molecule has 1 heterocycles. The van der Waals surface area contributed by atoms with Crippen molar-refractivity contribution in [1.29, 1.82) is 0 Å². The van der Waals surface area contributed by atoms with E-state index in [9.17, 15) is 9.59 Å². The molecule has 0 aliphatic carbocycles. The van der Waals surface area contributed by atoms with E-state index in [0.29, 0.717) is 35.9 Å². The third kappa shape index (κ3) is 5.54. The number of rotatable bonds is 8. The number of ether oxygens (including phenoxy) is 2. The first-order valence-electron chi connectivity index (χ1n) is 7.68. The zero-order valence-electron chi connectivity index (χ0n) is 14.1. The maximum Gasteiger partial charge on any atom is 0.337 e. The van der Waals surface area contributed by atoms with Gasteiger partial charge in [0.1, 0.15) is 0 Å². The van der Waals surface area contributed by atoms with E-state index in [2.05, 4.69) is 25.3 Å². The molecule has 8 heteroatoms. The minimum atomic E-state index is -0.426. The second-order valence-corrected chi connectivity index (χ2v) is 5.09. The molecule has 0 aliphatic heterocycles. The number of amides is 1. The maximum atomic E-state index is 11.9. The predicted molar refractivity (Wildman–Crippen MR) is 91.9 cm³/mol. The largest absolute Gasteiger partial charge is 0.465 e. The normalized spacial score (nSPS) is 10.2. The molecule has 0 spiro atoms. The minimum Gasteiger partial charge on any atom is -0.465 e. The number of hydrogen-bond donors (Lipinski definition) is 2. The van der Waals surface area contributed by atoms with Crippen LogP contribution in [0.25, 0.3) is 0 Å². The molecule has 0 bridgehead atoms. The van der Waals surface area contributed by atoms with E-state index >= 15 is 0 Å². The topological polar surface area (TPSA) is 102 Å². The number of esters is 1. The quantitative estimate of drug-likeness (QED) is 0.556. The molecule has 2 N–H and O–H groups in total. The first-order valence-corrected chi connectivity index (χ1v) is 7.68. The van der Waals surface area contributed by atoms with Gasteiger partial charge in [-0.2, -0.15) is 0 Å². The first kappa shape index (κ1) is 18.3. The molecule has 0 aliphatic rings. The molecule has 2 aromatic rings. The van der Waals surface area contributed by atoms with Gasteiger partial charge in [0.25, 0.3) is 5.91 Å². The Balaban J connectivity index is 1.96. The first-order chi connectivity index (χ1) is 12.1. The Kier molecular flexibility index (Phi) is 6.85. The third-order valence-corrected chi connectivity index (χ3v) is 3.26. The van der Waals surface area contributed by atoms with E-state index in [1.54, 1.807) is 31.4 Å². The van der Waals surface area contributed by atoms with Crippen molar-refractivity contribution in [2.45, 2.75) is 6.42 Å². The second-order valence-electron chi connectivity index (χ2n) is 5.09. The molecular weight excluding hydrogens is 324 g/mol. The summed E-state index contributed by atoms with van der Waals surface area (Å²) >= 11 is 0. The Morgan fingerprint density at radius 3 is 2.56 bits per heavy atom. The van der Waals surface area contributed by atoms with Crippen molar-refractivity contribution in [3.8, 4) is 0 Å². The van der Waals surface area contributed by atoms with Gasteiger partial charge in [0, 0.05) is 38.3 Å². The summed E-state index contributed by atoms with van der Waals surface area (Å²) in [6.45, 7) is 1.11. The van der Waals surface area contributed by atoms with Gasteiger partial charge in [-0.1, -0.05) is 6.07 Å². The van der Waals surface area contributed by atoms with E-state index in [-0.39, 0.29) is 5.91 Å². The average molecular weight is 344 g/mol. The summed E-state index contributed by atoms with van der Waals surface area (Å²) in [5, 5.41) is 5.73. The molecule has 2 rings (SSSR count). The van der Waals surface area contributed by atoms with E-state index in [1.165, 1.54) is 19.5 Å². The SMILES string of the molecule is COCCCNC(=O)c1cnc(Nc2cccc(C(=O)OC)c2)nc1. The molecule has 0 radical (unpaired) electrons. The lowest BCUT2D eigenvalue weighted by atomic mass is 10.2. The predicted octanol–water partition coefficient (Wildman–Crippen LogP) is 1.77. The maximum absolute atomic E-state index is 11.9. The highest BCUT2D eigenvalue weighted by Crippen LogP contribution is 2.15. The van der Waals surface area contributed by atoms with Gasteiger partial charge >= 0.3 is 5.97 Å². The number of nitrogens with one attached hydrogen (secondary N) is 2. The van der Waals surface area contributed by atoms with E-state index in [0.717, 1.165) is 6.42 Å². The molecule has 0 unspecified atom stereocenters. The molecule has 0 fully saturated rings. The van der Waals surface area contributed by atoms with Gasteiger partial charge in [-0.15, -0.1) is 0 Å². The van der Waals surface area contributed by atoms with Gasteiger partial charge in [0.15, 0.2) is 0 Å². The molecule has 132 valence electrons. The van der Waals surface area contributed by atoms with Crippen LogP contribution in [0.5, 0.6) is 0 Å². The zero-order chi connectivity index (χ0) is 18.1. The van der Waals surface area contributed by atoms with Crippen molar-refractivity contribution in [1.82, 2.24) is 15.3 Å². The summed E-state index contributed by atoms with van der Waals surface area (Å²) in [5.74, 6) is -0.349. The van der Waals surface area contributed by atoms with Crippen LogP contribution in [0, 0.1) is 0 Å². The lowest BCUT2D eigenvalue weighted by Crippen LogP contribution is -2.25. The van der Waals surface area contributed by atoms with Crippen molar-refractivity contribution in [3.63, 3.8) is 0 Å². The summed E-state index contributed by atoms with van der Waals surface area (Å²) in [7, 11) is 2.94. The van der Waals surface area contributed by atoms with Gasteiger partial charge in [-0.05, 0) is 24.6 Å². The number of carbonyl (C=O) groups excluding carboxylic acids is 2. The van der Waals surface area contributed by atoms with Crippen LogP contribution in [-0.2, 0) is 9.47 Å². The van der Waals surface area contributed by atoms with Crippen LogP contribution in [0.3, 0.4) is 0 Å². The molecule has 0 saturated heterocycles. The monoisotopic (exact) mass is 344 g/mol. The highest BCUT2D eigenvalue weighted by molar-refractivity contribution is 5.93. The Morgan fingerprint density at radius 2 is 1.88 bits per heavy atom. The number of nitrogens with zero attached hydrogens (tertiary/aromatic N) is 2. The number of anilines is 2. The highest BCUT2D eigenvalue weighted by atomic mass is 16.5. The van der Waals surface area contributed by atoms with Crippen LogP contribution in [-0.4, -0.2) is 49.2 Å². The zero-order valence-corrected chi connectivity index (χ0v) is 14.1. The minimum absolute atomic E-state index is 0.240. The van der Waals surface area contributed by atoms with Gasteiger partial charge in [-0.3, -0.25) is 4.79 Å². The Labute approximate surface area is 145 Å². The molecule has 1 aromatic carbocycles. The molecule has 0 saturated carbocycles.